The highest BCUT2D eigenvalue weighted by atomic mass is 79.9. The van der Waals surface area contributed by atoms with Gasteiger partial charge in [0, 0.05) is 43.3 Å². The van der Waals surface area contributed by atoms with Gasteiger partial charge in [0.2, 0.25) is 0 Å². The molecule has 118 valence electrons. The Morgan fingerprint density at radius 3 is 2.57 bits per heavy atom. The van der Waals surface area contributed by atoms with Crippen molar-refractivity contribution in [2.24, 2.45) is 0 Å². The summed E-state index contributed by atoms with van der Waals surface area (Å²) in [6.45, 7) is 3.85. The van der Waals surface area contributed by atoms with Crippen molar-refractivity contribution >= 4 is 31.9 Å². The smallest absolute Gasteiger partial charge is 0.173 e. The van der Waals surface area contributed by atoms with Gasteiger partial charge in [-0.2, -0.15) is 0 Å². The Balaban J connectivity index is 2.41. The fourth-order valence-corrected chi connectivity index (χ4v) is 3.65. The number of nitrogens with one attached hydrogen (secondary N) is 1. The average molecular weight is 424 g/mol. The Morgan fingerprint density at radius 2 is 2.00 bits per heavy atom. The summed E-state index contributed by atoms with van der Waals surface area (Å²) in [6.07, 6.45) is 0.638. The minimum absolute atomic E-state index is 0.0798. The normalized spacial score (nSPS) is 17.7. The highest BCUT2D eigenvalue weighted by Gasteiger charge is 2.26. The average Bonchev–Trinajstić information content (AvgIpc) is 2.52. The van der Waals surface area contributed by atoms with Crippen molar-refractivity contribution in [2.45, 2.75) is 12.5 Å². The Kier molecular flexibility index (Phi) is 6.31. The fraction of sp³-hybridized carbons (Fsp3) is 0.571. The summed E-state index contributed by atoms with van der Waals surface area (Å²) < 4.78 is 6.63. The van der Waals surface area contributed by atoms with E-state index >= 15 is 0 Å². The monoisotopic (exact) mass is 422 g/mol. The highest BCUT2D eigenvalue weighted by molar-refractivity contribution is 9.13. The van der Waals surface area contributed by atoms with Gasteiger partial charge in [-0.15, -0.1) is 0 Å². The van der Waals surface area contributed by atoms with Crippen molar-refractivity contribution < 1.29 is 14.9 Å². The number of phenolic OH excluding ortho intramolecular Hbond substituents is 1. The molecule has 0 spiro atoms. The molecule has 3 N–H and O–H groups in total. The molecule has 7 heteroatoms. The molecule has 0 aromatic heterocycles. The maximum atomic E-state index is 10.0. The lowest BCUT2D eigenvalue weighted by Crippen LogP contribution is -2.45. The maximum Gasteiger partial charge on any atom is 0.173 e. The van der Waals surface area contributed by atoms with Gasteiger partial charge in [0.05, 0.1) is 11.6 Å². The highest BCUT2D eigenvalue weighted by Crippen LogP contribution is 2.45. The zero-order valence-corrected chi connectivity index (χ0v) is 15.1. The van der Waals surface area contributed by atoms with E-state index in [1.807, 2.05) is 6.07 Å². The second-order valence-electron chi connectivity index (χ2n) is 4.96. The van der Waals surface area contributed by atoms with E-state index < -0.39 is 0 Å². The molecule has 0 radical (unpaired) electrons. The van der Waals surface area contributed by atoms with Crippen molar-refractivity contribution in [3.05, 3.63) is 20.6 Å². The summed E-state index contributed by atoms with van der Waals surface area (Å²) in [4.78, 5) is 2.34. The Labute approximate surface area is 141 Å². The van der Waals surface area contributed by atoms with Crippen molar-refractivity contribution in [1.82, 2.24) is 10.2 Å². The van der Waals surface area contributed by atoms with Gasteiger partial charge in [0.25, 0.3) is 0 Å². The molecule has 1 fully saturated rings. The Morgan fingerprint density at radius 1 is 1.33 bits per heavy atom. The van der Waals surface area contributed by atoms with Gasteiger partial charge in [-0.25, -0.2) is 0 Å². The van der Waals surface area contributed by atoms with Crippen LogP contribution in [0.5, 0.6) is 11.5 Å². The van der Waals surface area contributed by atoms with Crippen LogP contribution in [0, 0.1) is 0 Å². The molecule has 21 heavy (non-hydrogen) atoms. The second-order valence-corrected chi connectivity index (χ2v) is 6.54. The van der Waals surface area contributed by atoms with Crippen LogP contribution in [0.4, 0.5) is 0 Å². The van der Waals surface area contributed by atoms with Crippen molar-refractivity contribution in [2.75, 3.05) is 39.9 Å². The summed E-state index contributed by atoms with van der Waals surface area (Å²) in [5, 5.41) is 22.8. The molecule has 5 nitrogen and oxygen atoms in total. The van der Waals surface area contributed by atoms with Crippen LogP contribution < -0.4 is 10.1 Å². The summed E-state index contributed by atoms with van der Waals surface area (Å²) in [5.41, 5.74) is 1.01. The first kappa shape index (κ1) is 17.0. The van der Waals surface area contributed by atoms with Crippen molar-refractivity contribution in [3.8, 4) is 11.5 Å². The first-order valence-electron chi connectivity index (χ1n) is 6.90. The molecule has 1 atom stereocenters. The lowest BCUT2D eigenvalue weighted by atomic mass is 10.0. The van der Waals surface area contributed by atoms with E-state index in [2.05, 4.69) is 42.1 Å². The van der Waals surface area contributed by atoms with Gasteiger partial charge in [-0.3, -0.25) is 4.90 Å². The number of aromatic hydroxyl groups is 1. The molecule has 0 saturated carbocycles. The molecule has 0 unspecified atom stereocenters. The number of benzene rings is 1. The maximum absolute atomic E-state index is 10.0. The molecule has 1 aromatic rings. The Hall–Kier alpha value is -0.340. The van der Waals surface area contributed by atoms with Crippen LogP contribution in [0.25, 0.3) is 0 Å². The van der Waals surface area contributed by atoms with Crippen LogP contribution in [0.15, 0.2) is 15.0 Å². The number of ether oxygens (including phenoxy) is 1. The number of halogens is 2. The van der Waals surface area contributed by atoms with Crippen LogP contribution in [0.2, 0.25) is 0 Å². The zero-order valence-electron chi connectivity index (χ0n) is 11.9. The quantitative estimate of drug-likeness (QED) is 0.677. The summed E-state index contributed by atoms with van der Waals surface area (Å²) in [5.74, 6) is 0.509. The molecule has 0 amide bonds. The van der Waals surface area contributed by atoms with Gasteiger partial charge >= 0.3 is 0 Å². The zero-order chi connectivity index (χ0) is 15.4. The van der Waals surface area contributed by atoms with Crippen LogP contribution in [0.1, 0.15) is 18.0 Å². The van der Waals surface area contributed by atoms with Crippen molar-refractivity contribution in [1.29, 1.82) is 0 Å². The fourth-order valence-electron chi connectivity index (χ4n) is 2.66. The molecule has 1 aromatic carbocycles. The summed E-state index contributed by atoms with van der Waals surface area (Å²) in [7, 11) is 1.53. The van der Waals surface area contributed by atoms with E-state index in [1.54, 1.807) is 0 Å². The van der Waals surface area contributed by atoms with E-state index in [9.17, 15) is 10.2 Å². The van der Waals surface area contributed by atoms with E-state index in [0.29, 0.717) is 16.6 Å². The minimum atomic E-state index is 0.0798. The number of piperazine rings is 1. The standard InChI is InChI=1S/C14H20Br2N2O3/c1-21-11-8-9(12(15)13(16)14(11)20)10(2-7-19)18-5-3-17-4-6-18/h8,10,17,19-20H,2-7H2,1H3/t10-/m0/s1. The number of hydrogen-bond donors (Lipinski definition) is 3. The number of nitrogens with zero attached hydrogens (tertiary/aromatic N) is 1. The lowest BCUT2D eigenvalue weighted by molar-refractivity contribution is 0.140. The Bertz CT molecular complexity index is 494. The number of aliphatic hydroxyl groups excluding tert-OH is 1. The topological polar surface area (TPSA) is 65.0 Å². The number of rotatable bonds is 5. The van der Waals surface area contributed by atoms with Gasteiger partial charge < -0.3 is 20.3 Å². The number of phenols is 1. The third-order valence-corrected chi connectivity index (χ3v) is 5.91. The third-order valence-electron chi connectivity index (χ3n) is 3.75. The molecule has 1 saturated heterocycles. The van der Waals surface area contributed by atoms with Crippen LogP contribution in [-0.4, -0.2) is 55.0 Å². The molecular formula is C14H20Br2N2O3. The first-order valence-corrected chi connectivity index (χ1v) is 8.49. The predicted molar refractivity (Wildman–Crippen MR) is 88.9 cm³/mol. The van der Waals surface area contributed by atoms with Crippen molar-refractivity contribution in [3.63, 3.8) is 0 Å². The van der Waals surface area contributed by atoms with Crippen LogP contribution in [-0.2, 0) is 0 Å². The largest absolute Gasteiger partial charge is 0.503 e. The van der Waals surface area contributed by atoms with E-state index in [0.717, 1.165) is 36.2 Å². The number of aliphatic hydroxyl groups is 1. The number of methoxy groups -OCH3 is 1. The molecule has 1 heterocycles. The number of hydrogen-bond acceptors (Lipinski definition) is 5. The molecule has 1 aliphatic rings. The van der Waals surface area contributed by atoms with Gasteiger partial charge in [0.15, 0.2) is 11.5 Å². The van der Waals surface area contributed by atoms with Gasteiger partial charge in [0.1, 0.15) is 0 Å². The van der Waals surface area contributed by atoms with E-state index in [4.69, 9.17) is 4.74 Å². The molecule has 1 aliphatic heterocycles. The third kappa shape index (κ3) is 3.71. The summed E-state index contributed by atoms with van der Waals surface area (Å²) in [6, 6.07) is 1.92. The lowest BCUT2D eigenvalue weighted by Gasteiger charge is -2.35. The molecule has 0 aliphatic carbocycles. The minimum Gasteiger partial charge on any atom is -0.503 e. The SMILES string of the molecule is COc1cc([C@H](CCO)N2CCNCC2)c(Br)c(Br)c1O. The van der Waals surface area contributed by atoms with Crippen LogP contribution >= 0.6 is 31.9 Å². The molecule has 0 bridgehead atoms. The van der Waals surface area contributed by atoms with Crippen LogP contribution in [0.3, 0.4) is 0 Å². The van der Waals surface area contributed by atoms with E-state index in [1.165, 1.54) is 7.11 Å². The second kappa shape index (κ2) is 7.78. The van der Waals surface area contributed by atoms with Gasteiger partial charge in [-0.1, -0.05) is 0 Å². The predicted octanol–water partition coefficient (Wildman–Crippen LogP) is 2.25. The first-order chi connectivity index (χ1) is 10.1. The molecule has 2 rings (SSSR count). The van der Waals surface area contributed by atoms with Gasteiger partial charge in [-0.05, 0) is 49.9 Å². The van der Waals surface area contributed by atoms with E-state index in [-0.39, 0.29) is 18.4 Å². The molecular weight excluding hydrogens is 404 g/mol. The summed E-state index contributed by atoms with van der Waals surface area (Å²) >= 11 is 6.94.